The van der Waals surface area contributed by atoms with E-state index in [2.05, 4.69) is 0 Å². The Kier molecular flexibility index (Phi) is 2.80. The molecule has 0 aromatic heterocycles. The number of benzene rings is 2. The predicted molar refractivity (Wildman–Crippen MR) is 69.4 cm³/mol. The highest BCUT2D eigenvalue weighted by Gasteiger charge is 2.11. The second-order valence-electron chi connectivity index (χ2n) is 4.41. The smallest absolute Gasteiger partial charge is 0.126 e. The minimum Gasteiger partial charge on any atom is -0.508 e. The normalized spacial score (nSPS) is 10.5. The molecular weight excluding hydrogens is 212 g/mol. The molecule has 0 bridgehead atoms. The minimum absolute atomic E-state index is 0.177. The summed E-state index contributed by atoms with van der Waals surface area (Å²) in [5.41, 5.74) is 4.61. The van der Waals surface area contributed by atoms with Crippen molar-refractivity contribution in [1.82, 2.24) is 0 Å². The standard InChI is InChI=1S/C15H16O2/c1-9-5-4-6-13(11(9)3)14-8-12(16)7-10(2)15(14)17/h4-8,16-17H,1-3H3. The highest BCUT2D eigenvalue weighted by Crippen LogP contribution is 2.37. The third-order valence-corrected chi connectivity index (χ3v) is 3.18. The van der Waals surface area contributed by atoms with Crippen LogP contribution in [0.1, 0.15) is 16.7 Å². The summed E-state index contributed by atoms with van der Waals surface area (Å²) >= 11 is 0. The van der Waals surface area contributed by atoms with Crippen molar-refractivity contribution in [3.8, 4) is 22.6 Å². The van der Waals surface area contributed by atoms with Crippen molar-refractivity contribution in [2.45, 2.75) is 20.8 Å². The largest absolute Gasteiger partial charge is 0.508 e. The summed E-state index contributed by atoms with van der Waals surface area (Å²) < 4.78 is 0. The maximum Gasteiger partial charge on any atom is 0.126 e. The van der Waals surface area contributed by atoms with Gasteiger partial charge in [-0.15, -0.1) is 0 Å². The topological polar surface area (TPSA) is 40.5 Å². The van der Waals surface area contributed by atoms with Gasteiger partial charge in [0.05, 0.1) is 0 Å². The third kappa shape index (κ3) is 1.98. The van der Waals surface area contributed by atoms with Crippen LogP contribution in [0.5, 0.6) is 11.5 Å². The highest BCUT2D eigenvalue weighted by molar-refractivity contribution is 5.76. The Labute approximate surface area is 101 Å². The molecule has 0 radical (unpaired) electrons. The zero-order valence-electron chi connectivity index (χ0n) is 10.3. The first-order valence-corrected chi connectivity index (χ1v) is 5.60. The van der Waals surface area contributed by atoms with Crippen molar-refractivity contribution in [2.24, 2.45) is 0 Å². The van der Waals surface area contributed by atoms with Crippen molar-refractivity contribution >= 4 is 0 Å². The molecule has 2 nitrogen and oxygen atoms in total. The van der Waals surface area contributed by atoms with Gasteiger partial charge in [0.1, 0.15) is 11.5 Å². The third-order valence-electron chi connectivity index (χ3n) is 3.18. The fraction of sp³-hybridized carbons (Fsp3) is 0.200. The molecule has 0 heterocycles. The van der Waals surface area contributed by atoms with Gasteiger partial charge in [-0.2, -0.15) is 0 Å². The van der Waals surface area contributed by atoms with E-state index >= 15 is 0 Å². The number of phenolic OH excluding ortho intramolecular Hbond substituents is 2. The molecule has 88 valence electrons. The lowest BCUT2D eigenvalue weighted by atomic mass is 9.95. The van der Waals surface area contributed by atoms with E-state index < -0.39 is 0 Å². The highest BCUT2D eigenvalue weighted by atomic mass is 16.3. The SMILES string of the molecule is Cc1cccc(-c2cc(O)cc(C)c2O)c1C. The first kappa shape index (κ1) is 11.5. The zero-order valence-corrected chi connectivity index (χ0v) is 10.3. The van der Waals surface area contributed by atoms with Gasteiger partial charge >= 0.3 is 0 Å². The second-order valence-corrected chi connectivity index (χ2v) is 4.41. The number of aryl methyl sites for hydroxylation is 2. The Balaban J connectivity index is 2.73. The molecule has 0 unspecified atom stereocenters. The second kappa shape index (κ2) is 4.13. The van der Waals surface area contributed by atoms with E-state index in [1.54, 1.807) is 19.1 Å². The Hall–Kier alpha value is -1.96. The van der Waals surface area contributed by atoms with Crippen molar-refractivity contribution in [3.63, 3.8) is 0 Å². The van der Waals surface area contributed by atoms with Crippen LogP contribution in [0.25, 0.3) is 11.1 Å². The maximum absolute atomic E-state index is 10.1. The van der Waals surface area contributed by atoms with E-state index in [0.29, 0.717) is 11.1 Å². The lowest BCUT2D eigenvalue weighted by molar-refractivity contribution is 0.458. The van der Waals surface area contributed by atoms with Gasteiger partial charge in [0.15, 0.2) is 0 Å². The van der Waals surface area contributed by atoms with Crippen molar-refractivity contribution in [3.05, 3.63) is 47.0 Å². The summed E-state index contributed by atoms with van der Waals surface area (Å²) in [6.07, 6.45) is 0. The number of hydrogen-bond donors (Lipinski definition) is 2. The molecule has 0 saturated heterocycles. The van der Waals surface area contributed by atoms with Gasteiger partial charge in [-0.25, -0.2) is 0 Å². The zero-order chi connectivity index (χ0) is 12.6. The van der Waals surface area contributed by atoms with Crippen LogP contribution in [0.2, 0.25) is 0 Å². The van der Waals surface area contributed by atoms with Gasteiger partial charge in [-0.1, -0.05) is 18.2 Å². The number of phenols is 2. The Morgan fingerprint density at radius 3 is 2.24 bits per heavy atom. The summed E-state index contributed by atoms with van der Waals surface area (Å²) in [5.74, 6) is 0.410. The van der Waals surface area contributed by atoms with Gasteiger partial charge in [-0.05, 0) is 55.2 Å². The van der Waals surface area contributed by atoms with Crippen LogP contribution in [0.4, 0.5) is 0 Å². The van der Waals surface area contributed by atoms with Gasteiger partial charge in [-0.3, -0.25) is 0 Å². The fourth-order valence-electron chi connectivity index (χ4n) is 2.01. The first-order valence-electron chi connectivity index (χ1n) is 5.60. The van der Waals surface area contributed by atoms with E-state index in [4.69, 9.17) is 0 Å². The monoisotopic (exact) mass is 228 g/mol. The summed E-state index contributed by atoms with van der Waals surface area (Å²) in [5, 5.41) is 19.7. The average Bonchev–Trinajstić information content (AvgIpc) is 2.27. The molecule has 17 heavy (non-hydrogen) atoms. The molecule has 0 spiro atoms. The molecule has 0 aliphatic rings. The van der Waals surface area contributed by atoms with Crippen LogP contribution in [0.3, 0.4) is 0 Å². The molecule has 2 aromatic rings. The molecule has 2 aromatic carbocycles. The summed E-state index contributed by atoms with van der Waals surface area (Å²) in [6.45, 7) is 5.83. The molecule has 0 amide bonds. The van der Waals surface area contributed by atoms with Crippen LogP contribution < -0.4 is 0 Å². The molecule has 2 rings (SSSR count). The molecule has 0 aliphatic heterocycles. The lowest BCUT2D eigenvalue weighted by Crippen LogP contribution is -1.89. The predicted octanol–water partition coefficient (Wildman–Crippen LogP) is 3.69. The number of hydrogen-bond acceptors (Lipinski definition) is 2. The maximum atomic E-state index is 10.1. The Morgan fingerprint density at radius 1 is 0.824 bits per heavy atom. The number of aromatic hydroxyl groups is 2. The summed E-state index contributed by atoms with van der Waals surface area (Å²) in [6, 6.07) is 9.10. The Morgan fingerprint density at radius 2 is 1.53 bits per heavy atom. The van der Waals surface area contributed by atoms with Crippen molar-refractivity contribution in [1.29, 1.82) is 0 Å². The van der Waals surface area contributed by atoms with Crippen molar-refractivity contribution < 1.29 is 10.2 Å². The quantitative estimate of drug-likeness (QED) is 0.731. The van der Waals surface area contributed by atoms with E-state index in [0.717, 1.165) is 11.1 Å². The van der Waals surface area contributed by atoms with Crippen LogP contribution in [0.15, 0.2) is 30.3 Å². The first-order chi connectivity index (χ1) is 8.00. The van der Waals surface area contributed by atoms with Gasteiger partial charge in [0.2, 0.25) is 0 Å². The van der Waals surface area contributed by atoms with Crippen LogP contribution >= 0.6 is 0 Å². The average molecular weight is 228 g/mol. The van der Waals surface area contributed by atoms with Crippen molar-refractivity contribution in [2.75, 3.05) is 0 Å². The van der Waals surface area contributed by atoms with E-state index in [1.165, 1.54) is 5.56 Å². The lowest BCUT2D eigenvalue weighted by Gasteiger charge is -2.12. The summed E-state index contributed by atoms with van der Waals surface area (Å²) in [7, 11) is 0. The molecule has 0 saturated carbocycles. The van der Waals surface area contributed by atoms with Crippen LogP contribution in [0, 0.1) is 20.8 Å². The van der Waals surface area contributed by atoms with E-state index in [1.807, 2.05) is 32.0 Å². The molecular formula is C15H16O2. The minimum atomic E-state index is 0.177. The van der Waals surface area contributed by atoms with Gasteiger partial charge in [0.25, 0.3) is 0 Å². The molecule has 0 atom stereocenters. The summed E-state index contributed by atoms with van der Waals surface area (Å²) in [4.78, 5) is 0. The van der Waals surface area contributed by atoms with Gasteiger partial charge in [0, 0.05) is 5.56 Å². The van der Waals surface area contributed by atoms with Gasteiger partial charge < -0.3 is 10.2 Å². The number of rotatable bonds is 1. The fourth-order valence-corrected chi connectivity index (χ4v) is 2.01. The Bertz CT molecular complexity index is 571. The molecule has 2 N–H and O–H groups in total. The van der Waals surface area contributed by atoms with Crippen LogP contribution in [-0.2, 0) is 0 Å². The van der Waals surface area contributed by atoms with E-state index in [9.17, 15) is 10.2 Å². The molecule has 0 aliphatic carbocycles. The van der Waals surface area contributed by atoms with Crippen LogP contribution in [-0.4, -0.2) is 10.2 Å². The molecule has 2 heteroatoms. The molecule has 0 fully saturated rings. The van der Waals surface area contributed by atoms with E-state index in [-0.39, 0.29) is 11.5 Å².